The van der Waals surface area contributed by atoms with Gasteiger partial charge in [-0.2, -0.15) is 0 Å². The van der Waals surface area contributed by atoms with Gasteiger partial charge < -0.3 is 99.5 Å². The molecular formula is C69H96N12O22. The number of nitrogens with zero attached hydrogens (tertiary/aromatic N) is 1. The van der Waals surface area contributed by atoms with Gasteiger partial charge in [-0.1, -0.05) is 103 Å². The van der Waals surface area contributed by atoms with Crippen molar-refractivity contribution in [2.75, 3.05) is 13.1 Å². The molecule has 0 radical (unpaired) electrons. The van der Waals surface area contributed by atoms with E-state index in [-0.39, 0.29) is 56.1 Å². The van der Waals surface area contributed by atoms with Gasteiger partial charge in [0.1, 0.15) is 71.9 Å². The maximum atomic E-state index is 14.5. The monoisotopic (exact) mass is 1440 g/mol. The fraction of sp³-hybridized carbons (Fsp3) is 0.522. The Labute approximate surface area is 594 Å². The number of nitrogens with two attached hydrogens (primary N) is 1. The van der Waals surface area contributed by atoms with Crippen LogP contribution in [0.3, 0.4) is 0 Å². The van der Waals surface area contributed by atoms with Crippen LogP contribution < -0.4 is 58.9 Å². The molecule has 3 aromatic carbocycles. The lowest BCUT2D eigenvalue weighted by molar-refractivity contribution is -0.148. The van der Waals surface area contributed by atoms with Gasteiger partial charge in [0.25, 0.3) is 0 Å². The van der Waals surface area contributed by atoms with E-state index in [1.165, 1.54) is 55.5 Å². The predicted molar refractivity (Wildman–Crippen MR) is 366 cm³/mol. The van der Waals surface area contributed by atoms with Crippen LogP contribution >= 0.6 is 0 Å². The molecule has 0 bridgehead atoms. The lowest BCUT2D eigenvalue weighted by Crippen LogP contribution is -2.62. The zero-order valence-electron chi connectivity index (χ0n) is 58.3. The Balaban J connectivity index is 1.62. The van der Waals surface area contributed by atoms with Crippen molar-refractivity contribution in [3.63, 3.8) is 0 Å². The number of carbonyl (C=O) groups excluding carboxylic acids is 11. The number of phenolic OH excluding ortho intramolecular Hbond substituents is 2. The summed E-state index contributed by atoms with van der Waals surface area (Å²) in [5.41, 5.74) is 7.21. The molecule has 1 aliphatic rings. The number of benzene rings is 3. The number of carboxylic acid groups (broad SMARTS) is 4. The van der Waals surface area contributed by atoms with Crippen molar-refractivity contribution < 1.29 is 108 Å². The zero-order chi connectivity index (χ0) is 76.9. The van der Waals surface area contributed by atoms with Crippen molar-refractivity contribution in [1.29, 1.82) is 0 Å². The highest BCUT2D eigenvalue weighted by atomic mass is 16.4. The normalized spacial score (nSPS) is 16.1. The first-order chi connectivity index (χ1) is 48.5. The van der Waals surface area contributed by atoms with E-state index < -0.39 is 212 Å². The third-order valence-corrected chi connectivity index (χ3v) is 16.8. The molecule has 0 unspecified atom stereocenters. The van der Waals surface area contributed by atoms with E-state index in [4.69, 9.17) is 5.73 Å². The Bertz CT molecular complexity index is 3470. The number of hydrogen-bond acceptors (Lipinski definition) is 19. The number of rotatable bonds is 42. The highest BCUT2D eigenvalue weighted by Crippen LogP contribution is 2.20. The zero-order valence-corrected chi connectivity index (χ0v) is 58.3. The van der Waals surface area contributed by atoms with Gasteiger partial charge in [-0.3, -0.25) is 67.1 Å². The van der Waals surface area contributed by atoms with Crippen LogP contribution in [0.25, 0.3) is 0 Å². The number of carbonyl (C=O) groups is 15. The van der Waals surface area contributed by atoms with Crippen molar-refractivity contribution in [1.82, 2.24) is 58.1 Å². The fourth-order valence-electron chi connectivity index (χ4n) is 11.0. The van der Waals surface area contributed by atoms with Crippen LogP contribution in [-0.4, -0.2) is 215 Å². The summed E-state index contributed by atoms with van der Waals surface area (Å²) >= 11 is 0. The van der Waals surface area contributed by atoms with Crippen LogP contribution in [0.15, 0.2) is 78.9 Å². The van der Waals surface area contributed by atoms with Gasteiger partial charge in [0.2, 0.25) is 65.0 Å². The second kappa shape index (κ2) is 41.2. The predicted octanol–water partition coefficient (Wildman–Crippen LogP) is -1.66. The van der Waals surface area contributed by atoms with Gasteiger partial charge in [0.05, 0.1) is 31.5 Å². The maximum absolute atomic E-state index is 14.5. The van der Waals surface area contributed by atoms with Gasteiger partial charge in [-0.25, -0.2) is 4.79 Å². The van der Waals surface area contributed by atoms with E-state index in [1.54, 1.807) is 71.9 Å². The minimum absolute atomic E-state index is 0.104. The molecule has 1 heterocycles. The lowest BCUT2D eigenvalue weighted by atomic mass is 9.98. The number of nitrogens with one attached hydrogen (secondary N) is 10. The molecule has 1 fully saturated rings. The van der Waals surface area contributed by atoms with Crippen molar-refractivity contribution in [3.8, 4) is 11.5 Å². The molecule has 34 nitrogen and oxygen atoms in total. The standard InChI is InChI=1S/C69H96N12O22/c1-8-37(6)57(70)67(100)80-58(38(7)82)68(101)79-49(29-39-13-10-9-11-14-39)63(96)72-44(24-25-54(86)87)60(93)77-50(32-55(88)89)65(98)74-45(27-35(2)3)61(94)73-46(28-36(4)5)62(95)78-51(33-56(90)91)66(99)76-48(31-41-18-22-43(84)23-19-41)64(97)75-47(30-40-16-20-42(83)21-17-40)59(92)71-34-53(85)81-26-12-15-52(81)69(102)103/h9-11,13-14,16-23,35-38,44-52,57-58,82-84H,8,12,15,24-34,70H2,1-7H3,(H,71,92)(H,72,96)(H,73,94)(H,74,98)(H,75,97)(H,76,99)(H,77,93)(H,78,95)(H,79,101)(H,80,100)(H,86,87)(H,88,89)(H,90,91)(H,102,103)/t37-,38+,44-,45-,46-,47-,48-,49-,50-,51-,52-,57-,58-/m0/s1. The number of aliphatic hydroxyl groups is 1. The second-order valence-electron chi connectivity index (χ2n) is 26.2. The van der Waals surface area contributed by atoms with Gasteiger partial charge in [0.15, 0.2) is 0 Å². The number of phenols is 2. The molecule has 0 saturated carbocycles. The van der Waals surface area contributed by atoms with E-state index in [0.717, 1.165) is 4.90 Å². The molecule has 0 spiro atoms. The summed E-state index contributed by atoms with van der Waals surface area (Å²) in [6, 6.07) is 0.777. The Hall–Kier alpha value is -10.8. The van der Waals surface area contributed by atoms with Crippen LogP contribution in [-0.2, 0) is 91.2 Å². The molecule has 1 saturated heterocycles. The number of likely N-dealkylation sites (tertiary alicyclic amines) is 1. The SMILES string of the molecule is CC[C@H](C)[C@H](N)C(=O)N[C@H](C(=O)N[C@@H](Cc1ccccc1)C(=O)N[C@@H](CCC(=O)O)C(=O)N[C@@H](CC(=O)O)C(=O)N[C@@H](CC(C)C)C(=O)N[C@@H](CC(C)C)C(=O)N[C@@H](CC(=O)O)C(=O)N[C@@H](Cc1ccc(O)cc1)C(=O)N[C@@H](Cc1ccc(O)cc1)C(=O)NCC(=O)N1CCC[C@H]1C(=O)O)[C@@H](C)O. The third kappa shape index (κ3) is 28.6. The van der Waals surface area contributed by atoms with Crippen LogP contribution in [0.5, 0.6) is 11.5 Å². The topological polar surface area (TPSA) is 547 Å². The molecule has 4 rings (SSSR count). The first kappa shape index (κ1) is 84.6. The van der Waals surface area contributed by atoms with Crippen molar-refractivity contribution in [3.05, 3.63) is 95.6 Å². The number of hydrogen-bond donors (Lipinski definition) is 18. The molecular weight excluding hydrogens is 1350 g/mol. The fourth-order valence-corrected chi connectivity index (χ4v) is 11.0. The van der Waals surface area contributed by atoms with Gasteiger partial charge in [-0.05, 0) is 97.7 Å². The quantitative estimate of drug-likeness (QED) is 0.0302. The van der Waals surface area contributed by atoms with E-state index in [1.807, 2.05) is 0 Å². The van der Waals surface area contributed by atoms with Crippen molar-refractivity contribution in [2.45, 2.75) is 198 Å². The third-order valence-electron chi connectivity index (χ3n) is 16.8. The molecule has 34 heteroatoms. The molecule has 3 aromatic rings. The van der Waals surface area contributed by atoms with Gasteiger partial charge >= 0.3 is 23.9 Å². The number of carboxylic acids is 4. The molecule has 0 aromatic heterocycles. The Kier molecular flexibility index (Phi) is 33.9. The van der Waals surface area contributed by atoms with Crippen LogP contribution in [0, 0.1) is 17.8 Å². The number of aliphatic hydroxyl groups excluding tert-OH is 1. The smallest absolute Gasteiger partial charge is 0.326 e. The molecule has 564 valence electrons. The summed E-state index contributed by atoms with van der Waals surface area (Å²) in [7, 11) is 0. The van der Waals surface area contributed by atoms with E-state index in [9.17, 15) is 108 Å². The van der Waals surface area contributed by atoms with E-state index >= 15 is 0 Å². The lowest BCUT2D eigenvalue weighted by Gasteiger charge is -2.29. The Morgan fingerprint density at radius 1 is 0.466 bits per heavy atom. The van der Waals surface area contributed by atoms with E-state index in [0.29, 0.717) is 29.5 Å². The minimum atomic E-state index is -2.08. The summed E-state index contributed by atoms with van der Waals surface area (Å²) < 4.78 is 0. The highest BCUT2D eigenvalue weighted by Gasteiger charge is 2.39. The first-order valence-electron chi connectivity index (χ1n) is 33.7. The van der Waals surface area contributed by atoms with Crippen LogP contribution in [0.2, 0.25) is 0 Å². The maximum Gasteiger partial charge on any atom is 0.326 e. The van der Waals surface area contributed by atoms with Gasteiger partial charge in [0, 0.05) is 32.2 Å². The number of amides is 11. The number of aromatic hydroxyl groups is 2. The molecule has 13 atom stereocenters. The molecule has 11 amide bonds. The van der Waals surface area contributed by atoms with Crippen LogP contribution in [0.4, 0.5) is 0 Å². The summed E-state index contributed by atoms with van der Waals surface area (Å²) in [5, 5.41) is 94.2. The van der Waals surface area contributed by atoms with Crippen molar-refractivity contribution >= 4 is 88.9 Å². The number of aliphatic carboxylic acids is 4. The van der Waals surface area contributed by atoms with Gasteiger partial charge in [-0.15, -0.1) is 0 Å². The first-order valence-corrected chi connectivity index (χ1v) is 33.7. The summed E-state index contributed by atoms with van der Waals surface area (Å²) in [4.78, 5) is 205. The summed E-state index contributed by atoms with van der Waals surface area (Å²) in [5.74, 6) is -19.4. The Morgan fingerprint density at radius 3 is 1.25 bits per heavy atom. The molecule has 103 heavy (non-hydrogen) atoms. The summed E-state index contributed by atoms with van der Waals surface area (Å²) in [6.45, 7) is 10.6. The minimum Gasteiger partial charge on any atom is -0.508 e. The van der Waals surface area contributed by atoms with Crippen LogP contribution in [0.1, 0.15) is 123 Å². The Morgan fingerprint density at radius 2 is 0.845 bits per heavy atom. The molecule has 0 aliphatic carbocycles. The summed E-state index contributed by atoms with van der Waals surface area (Å²) in [6.07, 6.45) is -5.70. The average Bonchev–Trinajstić information content (AvgIpc) is 0.998. The largest absolute Gasteiger partial charge is 0.508 e. The average molecular weight is 1450 g/mol. The molecule has 19 N–H and O–H groups in total. The van der Waals surface area contributed by atoms with Crippen molar-refractivity contribution in [2.24, 2.45) is 23.5 Å². The second-order valence-corrected chi connectivity index (χ2v) is 26.2. The molecule has 1 aliphatic heterocycles. The highest BCUT2D eigenvalue weighted by molar-refractivity contribution is 6.00. The van der Waals surface area contributed by atoms with E-state index in [2.05, 4.69) is 53.2 Å².